The number of aromatic nitrogens is 2. The summed E-state index contributed by atoms with van der Waals surface area (Å²) in [6.07, 6.45) is -9.12. The minimum Gasteiger partial charge on any atom is -0.340 e. The first-order valence-electron chi connectivity index (χ1n) is 7.56. The van der Waals surface area contributed by atoms with Crippen LogP contribution in [0.1, 0.15) is 11.1 Å². The van der Waals surface area contributed by atoms with Crippen LogP contribution in [-0.2, 0) is 12.4 Å². The molecular weight excluding hydrogens is 374 g/mol. The highest BCUT2D eigenvalue weighted by Gasteiger charge is 2.34. The Morgan fingerprint density at radius 1 is 0.704 bits per heavy atom. The second kappa shape index (κ2) is 6.86. The lowest BCUT2D eigenvalue weighted by atomic mass is 10.1. The first-order valence-corrected chi connectivity index (χ1v) is 7.56. The molecule has 0 atom stereocenters. The van der Waals surface area contributed by atoms with E-state index in [2.05, 4.69) is 20.8 Å². The second-order valence-corrected chi connectivity index (χ2v) is 5.50. The Balaban J connectivity index is 1.82. The van der Waals surface area contributed by atoms with Crippen LogP contribution in [0.3, 0.4) is 0 Å². The largest absolute Gasteiger partial charge is 0.418 e. The number of hydrogen-bond donors (Lipinski definition) is 3. The molecule has 0 spiro atoms. The Morgan fingerprint density at radius 3 is 1.70 bits per heavy atom. The van der Waals surface area contributed by atoms with Gasteiger partial charge in [0.1, 0.15) is 5.82 Å². The number of H-pyrrole nitrogens is 1. The number of para-hydroxylation sites is 2. The van der Waals surface area contributed by atoms with Gasteiger partial charge in [-0.25, -0.2) is 0 Å². The van der Waals surface area contributed by atoms with Crippen LogP contribution < -0.4 is 10.6 Å². The van der Waals surface area contributed by atoms with Gasteiger partial charge in [-0.2, -0.15) is 31.4 Å². The van der Waals surface area contributed by atoms with Gasteiger partial charge in [-0.15, -0.1) is 0 Å². The Labute approximate surface area is 149 Å². The smallest absolute Gasteiger partial charge is 0.340 e. The molecule has 0 aliphatic rings. The highest BCUT2D eigenvalue weighted by Crippen LogP contribution is 2.37. The summed E-state index contributed by atoms with van der Waals surface area (Å²) in [7, 11) is 0. The molecule has 1 aromatic heterocycles. The first-order chi connectivity index (χ1) is 12.6. The fourth-order valence-corrected chi connectivity index (χ4v) is 2.41. The third-order valence-electron chi connectivity index (χ3n) is 3.57. The molecule has 10 heteroatoms. The molecule has 0 aliphatic carbocycles. The van der Waals surface area contributed by atoms with Gasteiger partial charge in [-0.05, 0) is 24.3 Å². The van der Waals surface area contributed by atoms with Gasteiger partial charge in [0.05, 0.1) is 22.5 Å². The molecule has 3 rings (SSSR count). The molecule has 0 amide bonds. The molecule has 27 heavy (non-hydrogen) atoms. The summed E-state index contributed by atoms with van der Waals surface area (Å²) in [4.78, 5) is 0. The second-order valence-electron chi connectivity index (χ2n) is 5.50. The van der Waals surface area contributed by atoms with Crippen molar-refractivity contribution in [3.8, 4) is 0 Å². The number of nitrogens with one attached hydrogen (secondary N) is 3. The maximum atomic E-state index is 13.0. The van der Waals surface area contributed by atoms with Crippen molar-refractivity contribution in [2.24, 2.45) is 0 Å². The molecule has 0 aliphatic heterocycles. The lowest BCUT2D eigenvalue weighted by Gasteiger charge is -2.13. The van der Waals surface area contributed by atoms with Crippen LogP contribution in [0.15, 0.2) is 54.6 Å². The van der Waals surface area contributed by atoms with E-state index < -0.39 is 23.5 Å². The van der Waals surface area contributed by atoms with E-state index in [9.17, 15) is 26.3 Å². The quantitative estimate of drug-likeness (QED) is 0.487. The Bertz CT molecular complexity index is 855. The molecular formula is C17H12F6N4. The van der Waals surface area contributed by atoms with Crippen molar-refractivity contribution in [2.45, 2.75) is 12.4 Å². The first kappa shape index (κ1) is 18.6. The van der Waals surface area contributed by atoms with Gasteiger partial charge in [-0.3, -0.25) is 5.10 Å². The van der Waals surface area contributed by atoms with Gasteiger partial charge >= 0.3 is 12.4 Å². The summed E-state index contributed by atoms with van der Waals surface area (Å²) in [5.41, 5.74) is -2.20. The zero-order chi connectivity index (χ0) is 19.7. The number of alkyl halides is 6. The van der Waals surface area contributed by atoms with E-state index in [0.717, 1.165) is 12.1 Å². The Morgan fingerprint density at radius 2 is 1.19 bits per heavy atom. The molecule has 0 unspecified atom stereocenters. The van der Waals surface area contributed by atoms with E-state index in [1.165, 1.54) is 42.5 Å². The minimum atomic E-state index is -4.56. The van der Waals surface area contributed by atoms with Gasteiger partial charge in [-0.1, -0.05) is 24.3 Å². The summed E-state index contributed by atoms with van der Waals surface area (Å²) < 4.78 is 78.1. The molecule has 0 radical (unpaired) electrons. The number of anilines is 4. The fraction of sp³-hybridized carbons (Fsp3) is 0.118. The fourth-order valence-electron chi connectivity index (χ4n) is 2.41. The number of benzene rings is 2. The van der Waals surface area contributed by atoms with Crippen molar-refractivity contribution < 1.29 is 26.3 Å². The molecule has 2 aromatic carbocycles. The third-order valence-corrected chi connectivity index (χ3v) is 3.57. The van der Waals surface area contributed by atoms with E-state index in [4.69, 9.17) is 0 Å². The average Bonchev–Trinajstić information content (AvgIpc) is 3.01. The average molecular weight is 386 g/mol. The minimum absolute atomic E-state index is 0.0127. The van der Waals surface area contributed by atoms with Crippen molar-refractivity contribution >= 4 is 23.0 Å². The number of aromatic amines is 1. The summed E-state index contributed by atoms with van der Waals surface area (Å²) in [5.74, 6) is 0.0948. The van der Waals surface area contributed by atoms with Crippen LogP contribution in [0.4, 0.5) is 49.4 Å². The molecule has 4 nitrogen and oxygen atoms in total. The number of rotatable bonds is 4. The summed E-state index contributed by atoms with van der Waals surface area (Å²) in [6.45, 7) is 0. The molecule has 0 fully saturated rings. The summed E-state index contributed by atoms with van der Waals surface area (Å²) >= 11 is 0. The monoisotopic (exact) mass is 386 g/mol. The summed E-state index contributed by atoms with van der Waals surface area (Å²) in [5, 5.41) is 11.2. The van der Waals surface area contributed by atoms with Gasteiger partial charge < -0.3 is 10.6 Å². The van der Waals surface area contributed by atoms with E-state index in [-0.39, 0.29) is 23.0 Å². The van der Waals surface area contributed by atoms with Gasteiger partial charge in [0.15, 0.2) is 5.82 Å². The molecule has 3 N–H and O–H groups in total. The predicted octanol–water partition coefficient (Wildman–Crippen LogP) is 5.93. The predicted molar refractivity (Wildman–Crippen MR) is 88.0 cm³/mol. The Hall–Kier alpha value is -3.17. The van der Waals surface area contributed by atoms with Crippen molar-refractivity contribution in [2.75, 3.05) is 10.6 Å². The highest BCUT2D eigenvalue weighted by molar-refractivity contribution is 5.67. The molecule has 0 bridgehead atoms. The maximum Gasteiger partial charge on any atom is 0.418 e. The van der Waals surface area contributed by atoms with Gasteiger partial charge in [0.2, 0.25) is 0 Å². The van der Waals surface area contributed by atoms with Crippen molar-refractivity contribution in [3.05, 3.63) is 65.7 Å². The zero-order valence-corrected chi connectivity index (χ0v) is 13.4. The normalized spacial score (nSPS) is 12.1. The van der Waals surface area contributed by atoms with Crippen LogP contribution in [0.25, 0.3) is 0 Å². The summed E-state index contributed by atoms with van der Waals surface area (Å²) in [6, 6.07) is 10.9. The molecule has 142 valence electrons. The maximum absolute atomic E-state index is 13.0. The molecule has 0 saturated carbocycles. The van der Waals surface area contributed by atoms with Crippen LogP contribution in [0.5, 0.6) is 0 Å². The lowest BCUT2D eigenvalue weighted by molar-refractivity contribution is -0.137. The number of halogens is 6. The van der Waals surface area contributed by atoms with E-state index in [1.807, 2.05) is 0 Å². The van der Waals surface area contributed by atoms with Crippen LogP contribution in [-0.4, -0.2) is 10.2 Å². The van der Waals surface area contributed by atoms with Crippen molar-refractivity contribution in [3.63, 3.8) is 0 Å². The van der Waals surface area contributed by atoms with Crippen LogP contribution >= 0.6 is 0 Å². The van der Waals surface area contributed by atoms with E-state index in [1.54, 1.807) is 0 Å². The zero-order valence-electron chi connectivity index (χ0n) is 13.4. The van der Waals surface area contributed by atoms with Crippen LogP contribution in [0, 0.1) is 0 Å². The van der Waals surface area contributed by atoms with Gasteiger partial charge in [0.25, 0.3) is 0 Å². The van der Waals surface area contributed by atoms with Gasteiger partial charge in [0, 0.05) is 6.07 Å². The van der Waals surface area contributed by atoms with Crippen LogP contribution in [0.2, 0.25) is 0 Å². The van der Waals surface area contributed by atoms with Crippen molar-refractivity contribution in [1.82, 2.24) is 10.2 Å². The molecule has 3 aromatic rings. The number of hydrogen-bond acceptors (Lipinski definition) is 3. The standard InChI is InChI=1S/C17H12F6N4/c18-16(19,20)10-5-1-3-7-12(10)24-14-9-15(27-26-14)25-13-8-4-2-6-11(13)17(21,22)23/h1-9H,(H3,24,25,26,27). The molecule has 1 heterocycles. The van der Waals surface area contributed by atoms with Crippen molar-refractivity contribution in [1.29, 1.82) is 0 Å². The molecule has 0 saturated heterocycles. The topological polar surface area (TPSA) is 52.7 Å². The SMILES string of the molecule is FC(F)(F)c1ccccc1Nc1cc(Nc2ccccc2C(F)(F)F)[nH]n1. The lowest BCUT2D eigenvalue weighted by Crippen LogP contribution is -2.08. The van der Waals surface area contributed by atoms with E-state index >= 15 is 0 Å². The number of nitrogens with zero attached hydrogens (tertiary/aromatic N) is 1. The highest BCUT2D eigenvalue weighted by atomic mass is 19.4. The van der Waals surface area contributed by atoms with E-state index in [0.29, 0.717) is 0 Å². The Kier molecular flexibility index (Phi) is 4.73. The third kappa shape index (κ3) is 4.33.